The highest BCUT2D eigenvalue weighted by atomic mass is 16.5. The van der Waals surface area contributed by atoms with Crippen molar-refractivity contribution in [2.45, 2.75) is 32.1 Å². The van der Waals surface area contributed by atoms with E-state index in [4.69, 9.17) is 10.5 Å². The van der Waals surface area contributed by atoms with Crippen molar-refractivity contribution in [3.05, 3.63) is 0 Å². The lowest BCUT2D eigenvalue weighted by atomic mass is 9.79. The normalized spacial score (nSPS) is 30.3. The molecule has 17 heavy (non-hydrogen) atoms. The van der Waals surface area contributed by atoms with Crippen molar-refractivity contribution in [3.8, 4) is 0 Å². The minimum atomic E-state index is 0.249. The Bertz CT molecular complexity index is 250. The predicted octanol–water partition coefficient (Wildman–Crippen LogP) is 1.00. The van der Waals surface area contributed by atoms with Crippen LogP contribution in [0.4, 0.5) is 0 Å². The van der Waals surface area contributed by atoms with Gasteiger partial charge < -0.3 is 15.4 Å². The highest BCUT2D eigenvalue weighted by molar-refractivity contribution is 5.79. The summed E-state index contributed by atoms with van der Waals surface area (Å²) >= 11 is 0. The van der Waals surface area contributed by atoms with Crippen molar-refractivity contribution in [1.29, 1.82) is 0 Å². The van der Waals surface area contributed by atoms with Crippen molar-refractivity contribution in [2.75, 3.05) is 32.8 Å². The molecule has 1 aliphatic heterocycles. The Hall–Kier alpha value is -0.610. The Labute approximate surface area is 103 Å². The highest BCUT2D eigenvalue weighted by Crippen LogP contribution is 2.32. The van der Waals surface area contributed by atoms with Gasteiger partial charge in [0.15, 0.2) is 0 Å². The Morgan fingerprint density at radius 3 is 2.76 bits per heavy atom. The van der Waals surface area contributed by atoms with Crippen LogP contribution in [0.25, 0.3) is 0 Å². The number of carbonyl (C=O) groups excluding carboxylic acids is 1. The molecule has 4 heteroatoms. The maximum absolute atomic E-state index is 12.3. The van der Waals surface area contributed by atoms with Gasteiger partial charge in [-0.05, 0) is 31.7 Å². The molecular formula is C13H24N2O2. The summed E-state index contributed by atoms with van der Waals surface area (Å²) in [5.41, 5.74) is 5.61. The molecule has 2 atom stereocenters. The number of carbonyl (C=O) groups is 1. The molecule has 2 fully saturated rings. The smallest absolute Gasteiger partial charge is 0.225 e. The van der Waals surface area contributed by atoms with Gasteiger partial charge in [0.1, 0.15) is 0 Å². The summed E-state index contributed by atoms with van der Waals surface area (Å²) in [7, 11) is 0. The van der Waals surface area contributed by atoms with Crippen LogP contribution in [-0.2, 0) is 9.53 Å². The van der Waals surface area contributed by atoms with Crippen molar-refractivity contribution in [1.82, 2.24) is 4.90 Å². The van der Waals surface area contributed by atoms with E-state index < -0.39 is 0 Å². The molecule has 0 aromatic rings. The zero-order chi connectivity index (χ0) is 12.1. The fourth-order valence-electron chi connectivity index (χ4n) is 3.06. The Morgan fingerprint density at radius 1 is 1.29 bits per heavy atom. The molecule has 0 aromatic heterocycles. The molecule has 98 valence electrons. The van der Waals surface area contributed by atoms with E-state index in [1.54, 1.807) is 0 Å². The SMILES string of the molecule is NCCC1CCCC(C(=O)N2CCOCC2)C1. The minimum Gasteiger partial charge on any atom is -0.378 e. The molecule has 2 aliphatic rings. The molecule has 1 amide bonds. The van der Waals surface area contributed by atoms with Crippen LogP contribution in [0.5, 0.6) is 0 Å². The largest absolute Gasteiger partial charge is 0.378 e. The van der Waals surface area contributed by atoms with Gasteiger partial charge in [0.05, 0.1) is 13.2 Å². The van der Waals surface area contributed by atoms with E-state index >= 15 is 0 Å². The van der Waals surface area contributed by atoms with Gasteiger partial charge in [-0.15, -0.1) is 0 Å². The summed E-state index contributed by atoms with van der Waals surface area (Å²) < 4.78 is 5.29. The number of rotatable bonds is 3. The first-order valence-corrected chi connectivity index (χ1v) is 6.88. The molecule has 1 saturated carbocycles. The quantitative estimate of drug-likeness (QED) is 0.800. The van der Waals surface area contributed by atoms with Crippen LogP contribution in [0.2, 0.25) is 0 Å². The van der Waals surface area contributed by atoms with Gasteiger partial charge in [-0.25, -0.2) is 0 Å². The lowest BCUT2D eigenvalue weighted by Crippen LogP contribution is -2.44. The maximum Gasteiger partial charge on any atom is 0.225 e. The molecule has 4 nitrogen and oxygen atoms in total. The molecular weight excluding hydrogens is 216 g/mol. The van der Waals surface area contributed by atoms with Crippen LogP contribution in [-0.4, -0.2) is 43.7 Å². The second kappa shape index (κ2) is 6.36. The van der Waals surface area contributed by atoms with E-state index in [2.05, 4.69) is 0 Å². The van der Waals surface area contributed by atoms with E-state index in [1.807, 2.05) is 4.90 Å². The Morgan fingerprint density at radius 2 is 2.06 bits per heavy atom. The van der Waals surface area contributed by atoms with Crippen LogP contribution in [0.3, 0.4) is 0 Å². The number of nitrogens with two attached hydrogens (primary N) is 1. The molecule has 1 aliphatic carbocycles. The first kappa shape index (κ1) is 12.8. The van der Waals surface area contributed by atoms with E-state index in [0.29, 0.717) is 25.0 Å². The van der Waals surface area contributed by atoms with Crippen LogP contribution in [0, 0.1) is 11.8 Å². The summed E-state index contributed by atoms with van der Waals surface area (Å²) in [4.78, 5) is 14.3. The third-order valence-electron chi connectivity index (χ3n) is 4.03. The number of morpholine rings is 1. The number of hydrogen-bond acceptors (Lipinski definition) is 3. The fraction of sp³-hybridized carbons (Fsp3) is 0.923. The Kier molecular flexibility index (Phi) is 4.80. The molecule has 2 unspecified atom stereocenters. The Balaban J connectivity index is 1.85. The first-order valence-electron chi connectivity index (χ1n) is 6.88. The predicted molar refractivity (Wildman–Crippen MR) is 66.5 cm³/mol. The molecule has 0 aromatic carbocycles. The molecule has 1 heterocycles. The van der Waals surface area contributed by atoms with Crippen molar-refractivity contribution >= 4 is 5.91 Å². The highest BCUT2D eigenvalue weighted by Gasteiger charge is 2.30. The zero-order valence-electron chi connectivity index (χ0n) is 10.6. The van der Waals surface area contributed by atoms with Crippen molar-refractivity contribution in [2.24, 2.45) is 17.6 Å². The third kappa shape index (κ3) is 3.42. The average Bonchev–Trinajstić information content (AvgIpc) is 2.40. The van der Waals surface area contributed by atoms with E-state index in [0.717, 1.165) is 38.9 Å². The zero-order valence-corrected chi connectivity index (χ0v) is 10.6. The maximum atomic E-state index is 12.3. The first-order chi connectivity index (χ1) is 8.31. The summed E-state index contributed by atoms with van der Waals surface area (Å²) in [6.07, 6.45) is 5.63. The number of ether oxygens (including phenoxy) is 1. The summed E-state index contributed by atoms with van der Waals surface area (Å²) in [6, 6.07) is 0. The molecule has 2 N–H and O–H groups in total. The molecule has 0 bridgehead atoms. The summed E-state index contributed by atoms with van der Waals surface area (Å²) in [5.74, 6) is 1.28. The third-order valence-corrected chi connectivity index (χ3v) is 4.03. The molecule has 2 rings (SSSR count). The van der Waals surface area contributed by atoms with Gasteiger partial charge in [-0.1, -0.05) is 12.8 Å². The van der Waals surface area contributed by atoms with Gasteiger partial charge in [0.2, 0.25) is 5.91 Å². The van der Waals surface area contributed by atoms with Gasteiger partial charge in [0.25, 0.3) is 0 Å². The topological polar surface area (TPSA) is 55.6 Å². The molecule has 1 saturated heterocycles. The van der Waals surface area contributed by atoms with E-state index in [1.165, 1.54) is 12.8 Å². The fourth-order valence-corrected chi connectivity index (χ4v) is 3.06. The van der Waals surface area contributed by atoms with Gasteiger partial charge >= 0.3 is 0 Å². The lowest BCUT2D eigenvalue weighted by molar-refractivity contribution is -0.141. The minimum absolute atomic E-state index is 0.249. The average molecular weight is 240 g/mol. The second-order valence-electron chi connectivity index (χ2n) is 5.24. The molecule has 0 radical (unpaired) electrons. The van der Waals surface area contributed by atoms with E-state index in [-0.39, 0.29) is 5.92 Å². The second-order valence-corrected chi connectivity index (χ2v) is 5.24. The monoisotopic (exact) mass is 240 g/mol. The number of nitrogens with zero attached hydrogens (tertiary/aromatic N) is 1. The van der Waals surface area contributed by atoms with E-state index in [9.17, 15) is 4.79 Å². The number of amides is 1. The lowest BCUT2D eigenvalue weighted by Gasteiger charge is -2.34. The van der Waals surface area contributed by atoms with Crippen LogP contribution in [0.1, 0.15) is 32.1 Å². The molecule has 0 spiro atoms. The van der Waals surface area contributed by atoms with Gasteiger partial charge in [-0.3, -0.25) is 4.79 Å². The summed E-state index contributed by atoms with van der Waals surface area (Å²) in [5, 5.41) is 0. The van der Waals surface area contributed by atoms with Gasteiger partial charge in [0, 0.05) is 19.0 Å². The number of hydrogen-bond donors (Lipinski definition) is 1. The summed E-state index contributed by atoms with van der Waals surface area (Å²) in [6.45, 7) is 3.70. The van der Waals surface area contributed by atoms with Crippen LogP contribution < -0.4 is 5.73 Å². The van der Waals surface area contributed by atoms with Crippen molar-refractivity contribution < 1.29 is 9.53 Å². The standard InChI is InChI=1S/C13H24N2O2/c14-5-4-11-2-1-3-12(10-11)13(16)15-6-8-17-9-7-15/h11-12H,1-10,14H2. The van der Waals surface area contributed by atoms with Crippen molar-refractivity contribution in [3.63, 3.8) is 0 Å². The van der Waals surface area contributed by atoms with Gasteiger partial charge in [-0.2, -0.15) is 0 Å². The van der Waals surface area contributed by atoms with Crippen LogP contribution >= 0.6 is 0 Å². The van der Waals surface area contributed by atoms with Crippen LogP contribution in [0.15, 0.2) is 0 Å².